The second kappa shape index (κ2) is 8.24. The van der Waals surface area contributed by atoms with Crippen LogP contribution >= 0.6 is 15.9 Å². The zero-order valence-electron chi connectivity index (χ0n) is 13.0. The van der Waals surface area contributed by atoms with Crippen LogP contribution in [0.25, 0.3) is 0 Å². The van der Waals surface area contributed by atoms with Crippen molar-refractivity contribution in [3.8, 4) is 11.5 Å². The molecule has 1 amide bonds. The number of hydrogen-bond donors (Lipinski definition) is 1. The highest BCUT2D eigenvalue weighted by atomic mass is 79.9. The fourth-order valence-electron chi connectivity index (χ4n) is 1.75. The molecular weight excluding hydrogens is 336 g/mol. The first-order valence-electron chi connectivity index (χ1n) is 6.85. The van der Waals surface area contributed by atoms with Gasteiger partial charge in [-0.15, -0.1) is 0 Å². The number of methoxy groups -OCH3 is 1. The standard InChI is InChI=1S/C15H23BrN2O3/c1-10(2)18(3)14(19)9-21-15-12(16)7-11(5-6-17)8-13(15)20-4/h7-8,10H,5-6,9,17H2,1-4H3. The Kier molecular flexibility index (Phi) is 6.98. The van der Waals surface area contributed by atoms with Gasteiger partial charge < -0.3 is 20.1 Å². The monoisotopic (exact) mass is 358 g/mol. The first kappa shape index (κ1) is 17.8. The highest BCUT2D eigenvalue weighted by Crippen LogP contribution is 2.36. The van der Waals surface area contributed by atoms with Crippen LogP contribution in [0.4, 0.5) is 0 Å². The van der Waals surface area contributed by atoms with Crippen molar-refractivity contribution in [2.24, 2.45) is 5.73 Å². The van der Waals surface area contributed by atoms with Gasteiger partial charge in [-0.1, -0.05) is 0 Å². The Morgan fingerprint density at radius 3 is 2.62 bits per heavy atom. The zero-order valence-corrected chi connectivity index (χ0v) is 14.6. The number of carbonyl (C=O) groups excluding carboxylic acids is 1. The molecule has 1 aromatic carbocycles. The van der Waals surface area contributed by atoms with Crippen molar-refractivity contribution in [3.63, 3.8) is 0 Å². The number of ether oxygens (including phenoxy) is 2. The van der Waals surface area contributed by atoms with Crippen LogP contribution in [-0.2, 0) is 11.2 Å². The van der Waals surface area contributed by atoms with Crippen molar-refractivity contribution >= 4 is 21.8 Å². The van der Waals surface area contributed by atoms with Gasteiger partial charge >= 0.3 is 0 Å². The minimum atomic E-state index is -0.0787. The molecule has 5 nitrogen and oxygen atoms in total. The number of hydrogen-bond acceptors (Lipinski definition) is 4. The van der Waals surface area contributed by atoms with E-state index >= 15 is 0 Å². The number of benzene rings is 1. The lowest BCUT2D eigenvalue weighted by Gasteiger charge is -2.22. The summed E-state index contributed by atoms with van der Waals surface area (Å²) in [6, 6.07) is 3.95. The molecule has 0 heterocycles. The summed E-state index contributed by atoms with van der Waals surface area (Å²) < 4.78 is 11.7. The molecule has 0 aliphatic heterocycles. The van der Waals surface area contributed by atoms with Gasteiger partial charge in [0.1, 0.15) is 0 Å². The van der Waals surface area contributed by atoms with E-state index in [1.165, 1.54) is 0 Å². The lowest BCUT2D eigenvalue weighted by molar-refractivity contribution is -0.133. The minimum absolute atomic E-state index is 0.0279. The molecule has 0 saturated heterocycles. The molecule has 0 bridgehead atoms. The van der Waals surface area contributed by atoms with E-state index < -0.39 is 0 Å². The molecule has 1 aromatic rings. The summed E-state index contributed by atoms with van der Waals surface area (Å²) in [5, 5.41) is 0. The second-order valence-corrected chi connectivity index (χ2v) is 5.89. The maximum absolute atomic E-state index is 12.0. The van der Waals surface area contributed by atoms with Gasteiger partial charge in [0.15, 0.2) is 18.1 Å². The van der Waals surface area contributed by atoms with E-state index in [0.29, 0.717) is 18.0 Å². The van der Waals surface area contributed by atoms with Crippen LogP contribution in [0.1, 0.15) is 19.4 Å². The summed E-state index contributed by atoms with van der Waals surface area (Å²) in [6.07, 6.45) is 0.754. The van der Waals surface area contributed by atoms with Crippen molar-refractivity contribution in [3.05, 3.63) is 22.2 Å². The Hall–Kier alpha value is -1.27. The number of nitrogens with zero attached hydrogens (tertiary/aromatic N) is 1. The Bertz CT molecular complexity index is 492. The molecule has 21 heavy (non-hydrogen) atoms. The van der Waals surface area contributed by atoms with Crippen molar-refractivity contribution in [2.75, 3.05) is 27.3 Å². The number of amides is 1. The van der Waals surface area contributed by atoms with E-state index in [1.54, 1.807) is 19.1 Å². The molecule has 2 N–H and O–H groups in total. The molecule has 0 spiro atoms. The Morgan fingerprint density at radius 1 is 1.43 bits per heavy atom. The summed E-state index contributed by atoms with van der Waals surface area (Å²) in [4.78, 5) is 13.6. The molecular formula is C15H23BrN2O3. The van der Waals surface area contributed by atoms with Crippen molar-refractivity contribution in [2.45, 2.75) is 26.3 Å². The predicted octanol–water partition coefficient (Wildman–Crippen LogP) is 2.20. The number of likely N-dealkylation sites (N-methyl/N-ethyl adjacent to an activating group) is 1. The second-order valence-electron chi connectivity index (χ2n) is 5.03. The van der Waals surface area contributed by atoms with Crippen LogP contribution in [-0.4, -0.2) is 44.2 Å². The summed E-state index contributed by atoms with van der Waals surface area (Å²) >= 11 is 3.45. The zero-order chi connectivity index (χ0) is 16.0. The maximum Gasteiger partial charge on any atom is 0.260 e. The highest BCUT2D eigenvalue weighted by Gasteiger charge is 2.16. The van der Waals surface area contributed by atoms with E-state index in [1.807, 2.05) is 26.0 Å². The summed E-state index contributed by atoms with van der Waals surface area (Å²) in [5.74, 6) is 1.04. The van der Waals surface area contributed by atoms with Crippen LogP contribution in [0.5, 0.6) is 11.5 Å². The van der Waals surface area contributed by atoms with Gasteiger partial charge in [0, 0.05) is 13.1 Å². The number of carbonyl (C=O) groups is 1. The topological polar surface area (TPSA) is 64.8 Å². The lowest BCUT2D eigenvalue weighted by atomic mass is 10.1. The molecule has 118 valence electrons. The lowest BCUT2D eigenvalue weighted by Crippen LogP contribution is -2.36. The SMILES string of the molecule is COc1cc(CCN)cc(Br)c1OCC(=O)N(C)C(C)C. The Balaban J connectivity index is 2.85. The van der Waals surface area contributed by atoms with Crippen LogP contribution in [0.3, 0.4) is 0 Å². The summed E-state index contributed by atoms with van der Waals surface area (Å²) in [7, 11) is 3.33. The minimum Gasteiger partial charge on any atom is -0.493 e. The van der Waals surface area contributed by atoms with Crippen LogP contribution in [0.2, 0.25) is 0 Å². The van der Waals surface area contributed by atoms with Gasteiger partial charge in [-0.25, -0.2) is 0 Å². The average Bonchev–Trinajstić information content (AvgIpc) is 2.44. The highest BCUT2D eigenvalue weighted by molar-refractivity contribution is 9.10. The van der Waals surface area contributed by atoms with Crippen molar-refractivity contribution < 1.29 is 14.3 Å². The Labute approximate surface area is 134 Å². The fourth-order valence-corrected chi connectivity index (χ4v) is 2.35. The molecule has 0 radical (unpaired) electrons. The number of halogens is 1. The fraction of sp³-hybridized carbons (Fsp3) is 0.533. The van der Waals surface area contributed by atoms with E-state index in [9.17, 15) is 4.79 Å². The predicted molar refractivity (Wildman–Crippen MR) is 86.9 cm³/mol. The summed E-state index contributed by atoms with van der Waals surface area (Å²) in [5.41, 5.74) is 6.62. The first-order chi connectivity index (χ1) is 9.90. The summed E-state index contributed by atoms with van der Waals surface area (Å²) in [6.45, 7) is 4.44. The van der Waals surface area contributed by atoms with E-state index in [4.69, 9.17) is 15.2 Å². The van der Waals surface area contributed by atoms with Crippen molar-refractivity contribution in [1.82, 2.24) is 4.90 Å². The third-order valence-corrected chi connectivity index (χ3v) is 3.82. The molecule has 0 aliphatic rings. The number of nitrogens with two attached hydrogens (primary N) is 1. The smallest absolute Gasteiger partial charge is 0.260 e. The average molecular weight is 359 g/mol. The van der Waals surface area contributed by atoms with Gasteiger partial charge in [-0.05, 0) is 60.4 Å². The molecule has 0 fully saturated rings. The van der Waals surface area contributed by atoms with Gasteiger partial charge in [-0.3, -0.25) is 4.79 Å². The molecule has 6 heteroatoms. The maximum atomic E-state index is 12.0. The third kappa shape index (κ3) is 4.89. The number of rotatable bonds is 7. The third-order valence-electron chi connectivity index (χ3n) is 3.23. The molecule has 0 atom stereocenters. The van der Waals surface area contributed by atoms with Gasteiger partial charge in [0.05, 0.1) is 11.6 Å². The van der Waals surface area contributed by atoms with E-state index in [2.05, 4.69) is 15.9 Å². The van der Waals surface area contributed by atoms with E-state index in [0.717, 1.165) is 16.5 Å². The molecule has 0 aromatic heterocycles. The Morgan fingerprint density at radius 2 is 2.10 bits per heavy atom. The van der Waals surface area contributed by atoms with Crippen molar-refractivity contribution in [1.29, 1.82) is 0 Å². The molecule has 0 unspecified atom stereocenters. The van der Waals surface area contributed by atoms with Gasteiger partial charge in [0.25, 0.3) is 5.91 Å². The van der Waals surface area contributed by atoms with Gasteiger partial charge in [-0.2, -0.15) is 0 Å². The van der Waals surface area contributed by atoms with Gasteiger partial charge in [0.2, 0.25) is 0 Å². The van der Waals surface area contributed by atoms with Crippen LogP contribution in [0.15, 0.2) is 16.6 Å². The normalized spacial score (nSPS) is 10.6. The van der Waals surface area contributed by atoms with Crippen LogP contribution < -0.4 is 15.2 Å². The largest absolute Gasteiger partial charge is 0.493 e. The van der Waals surface area contributed by atoms with Crippen LogP contribution in [0, 0.1) is 0 Å². The molecule has 0 aliphatic carbocycles. The van der Waals surface area contributed by atoms with E-state index in [-0.39, 0.29) is 18.6 Å². The first-order valence-corrected chi connectivity index (χ1v) is 7.65. The quantitative estimate of drug-likeness (QED) is 0.811. The molecule has 1 rings (SSSR count). The molecule has 0 saturated carbocycles.